The van der Waals surface area contributed by atoms with Gasteiger partial charge in [-0.25, -0.2) is 4.79 Å². The van der Waals surface area contributed by atoms with Gasteiger partial charge in [0.15, 0.2) is 41.0 Å². The van der Waals surface area contributed by atoms with E-state index in [1.807, 2.05) is 0 Å². The van der Waals surface area contributed by atoms with Crippen LogP contribution in [0.1, 0.15) is 32.8 Å². The number of carbonyl (C=O) groups is 1. The smallest absolute Gasteiger partial charge is 0.338 e. The van der Waals surface area contributed by atoms with Crippen LogP contribution in [-0.4, -0.2) is 65.3 Å². The maximum absolute atomic E-state index is 13.1. The number of fused-ring (bicyclic) bond motifs is 1. The van der Waals surface area contributed by atoms with E-state index < -0.39 is 52.2 Å². The first-order chi connectivity index (χ1) is 17.1. The quantitative estimate of drug-likeness (QED) is 0.176. The Hall–Kier alpha value is -4.16. The number of rotatable bonds is 6. The number of esters is 1. The van der Waals surface area contributed by atoms with Gasteiger partial charge in [0.2, 0.25) is 0 Å². The van der Waals surface area contributed by atoms with E-state index in [-0.39, 0.29) is 46.3 Å². The minimum atomic E-state index is -1.22. The Bertz CT molecular complexity index is 1290. The van der Waals surface area contributed by atoms with Crippen LogP contribution in [0.15, 0.2) is 42.5 Å². The summed E-state index contributed by atoms with van der Waals surface area (Å²) < 4.78 is 11.7. The van der Waals surface area contributed by atoms with Gasteiger partial charge in [0.1, 0.15) is 17.2 Å². The zero-order valence-electron chi connectivity index (χ0n) is 18.4. The average molecular weight is 518 g/mol. The fourth-order valence-electron chi connectivity index (χ4n) is 3.88. The number of benzene rings is 3. The van der Waals surface area contributed by atoms with Crippen molar-refractivity contribution in [2.75, 3.05) is 12.4 Å². The molecule has 190 valence electrons. The second-order valence-corrected chi connectivity index (χ2v) is 9.16. The molecule has 0 aliphatic carbocycles. The van der Waals surface area contributed by atoms with Crippen LogP contribution >= 0.6 is 11.8 Å². The van der Waals surface area contributed by atoms with Gasteiger partial charge in [0, 0.05) is 23.4 Å². The maximum Gasteiger partial charge on any atom is 0.338 e. The largest absolute Gasteiger partial charge is 0.508 e. The van der Waals surface area contributed by atoms with Gasteiger partial charge < -0.3 is 50.3 Å². The van der Waals surface area contributed by atoms with Gasteiger partial charge in [-0.2, -0.15) is 0 Å². The molecule has 3 atom stereocenters. The zero-order chi connectivity index (χ0) is 26.1. The molecule has 0 saturated heterocycles. The molecule has 0 saturated carbocycles. The number of ether oxygens (including phenoxy) is 2. The topological polar surface area (TPSA) is 197 Å². The normalized spacial score (nSPS) is 18.8. The number of aliphatic hydroxyl groups is 1. The number of carbonyl (C=O) groups excluding carboxylic acids is 1. The Balaban J connectivity index is 1.83. The van der Waals surface area contributed by atoms with E-state index in [0.29, 0.717) is 0 Å². The second-order valence-electron chi connectivity index (χ2n) is 7.91. The third-order valence-corrected chi connectivity index (χ3v) is 6.79. The zero-order valence-corrected chi connectivity index (χ0v) is 19.2. The van der Waals surface area contributed by atoms with Crippen molar-refractivity contribution in [2.45, 2.75) is 17.5 Å². The minimum Gasteiger partial charge on any atom is -0.508 e. The number of aliphatic hydroxyl groups excluding tert-OH is 1. The Labute approximate surface area is 208 Å². The van der Waals surface area contributed by atoms with Crippen molar-refractivity contribution in [2.24, 2.45) is 0 Å². The fourth-order valence-corrected chi connectivity index (χ4v) is 5.03. The molecule has 12 heteroatoms. The van der Waals surface area contributed by atoms with E-state index in [9.17, 15) is 45.6 Å². The van der Waals surface area contributed by atoms with Crippen molar-refractivity contribution in [3.05, 3.63) is 59.2 Å². The molecule has 1 heterocycles. The molecule has 0 fully saturated rings. The highest BCUT2D eigenvalue weighted by atomic mass is 32.2. The Morgan fingerprint density at radius 3 is 2.19 bits per heavy atom. The third kappa shape index (κ3) is 4.68. The summed E-state index contributed by atoms with van der Waals surface area (Å²) in [6, 6.07) is 7.93. The molecule has 3 unspecified atom stereocenters. The highest BCUT2D eigenvalue weighted by Gasteiger charge is 2.44. The van der Waals surface area contributed by atoms with E-state index >= 15 is 0 Å². The average Bonchev–Trinajstić information content (AvgIpc) is 2.82. The molecule has 8 N–H and O–H groups in total. The molecule has 36 heavy (non-hydrogen) atoms. The Kier molecular flexibility index (Phi) is 6.82. The van der Waals surface area contributed by atoms with Gasteiger partial charge in [-0.15, -0.1) is 11.8 Å². The van der Waals surface area contributed by atoms with Crippen LogP contribution in [0.4, 0.5) is 0 Å². The molecule has 3 aromatic rings. The number of hydrogen-bond acceptors (Lipinski definition) is 12. The Morgan fingerprint density at radius 2 is 1.56 bits per heavy atom. The van der Waals surface area contributed by atoms with Crippen LogP contribution in [0, 0.1) is 0 Å². The van der Waals surface area contributed by atoms with E-state index in [4.69, 9.17) is 9.47 Å². The first kappa shape index (κ1) is 24.9. The molecule has 1 aliphatic heterocycles. The second kappa shape index (κ2) is 9.84. The van der Waals surface area contributed by atoms with E-state index in [1.165, 1.54) is 24.3 Å². The van der Waals surface area contributed by atoms with Gasteiger partial charge in [-0.3, -0.25) is 0 Å². The summed E-state index contributed by atoms with van der Waals surface area (Å²) in [4.78, 5) is 13.1. The first-order valence-electron chi connectivity index (χ1n) is 10.5. The highest BCUT2D eigenvalue weighted by Crippen LogP contribution is 2.53. The summed E-state index contributed by atoms with van der Waals surface area (Å²) in [5, 5.41) is 78.1. The lowest BCUT2D eigenvalue weighted by molar-refractivity contribution is -0.0203. The van der Waals surface area contributed by atoms with Crippen LogP contribution in [0.3, 0.4) is 0 Å². The summed E-state index contributed by atoms with van der Waals surface area (Å²) >= 11 is 1.12. The molecular weight excluding hydrogens is 496 g/mol. The molecule has 0 aromatic heterocycles. The number of thioether (sulfide) groups is 1. The van der Waals surface area contributed by atoms with Crippen molar-refractivity contribution in [3.63, 3.8) is 0 Å². The van der Waals surface area contributed by atoms with Crippen LogP contribution in [0.5, 0.6) is 46.0 Å². The molecule has 1 aliphatic rings. The molecule has 3 aromatic carbocycles. The fraction of sp³-hybridized carbons (Fsp3) is 0.208. The molecule has 0 amide bonds. The van der Waals surface area contributed by atoms with Crippen LogP contribution in [0.25, 0.3) is 0 Å². The summed E-state index contributed by atoms with van der Waals surface area (Å²) in [6.45, 7) is -0.249. The predicted octanol–water partition coefficient (Wildman–Crippen LogP) is 2.75. The van der Waals surface area contributed by atoms with Gasteiger partial charge >= 0.3 is 5.97 Å². The third-order valence-electron chi connectivity index (χ3n) is 5.51. The van der Waals surface area contributed by atoms with Gasteiger partial charge in [-0.05, 0) is 24.3 Å². The van der Waals surface area contributed by atoms with E-state index in [2.05, 4.69) is 0 Å². The summed E-state index contributed by atoms with van der Waals surface area (Å²) in [5.74, 6) is -4.67. The van der Waals surface area contributed by atoms with E-state index in [0.717, 1.165) is 30.0 Å². The molecule has 0 spiro atoms. The van der Waals surface area contributed by atoms with Crippen molar-refractivity contribution < 1.29 is 55.1 Å². The lowest BCUT2D eigenvalue weighted by Crippen LogP contribution is -2.37. The SMILES string of the molecule is O=C(OC1C(c2ccc(O)c(O)c2)Oc2cc(O)cc(O)c2C1SCCO)c1cc(O)c(O)c(O)c1. The van der Waals surface area contributed by atoms with Crippen molar-refractivity contribution in [1.82, 2.24) is 0 Å². The lowest BCUT2D eigenvalue weighted by atomic mass is 9.93. The highest BCUT2D eigenvalue weighted by molar-refractivity contribution is 7.99. The van der Waals surface area contributed by atoms with Crippen molar-refractivity contribution >= 4 is 17.7 Å². The molecule has 4 rings (SSSR count). The summed E-state index contributed by atoms with van der Waals surface area (Å²) in [7, 11) is 0. The van der Waals surface area contributed by atoms with E-state index in [1.54, 1.807) is 0 Å². The van der Waals surface area contributed by atoms with Gasteiger partial charge in [-0.1, -0.05) is 6.07 Å². The number of hydrogen-bond donors (Lipinski definition) is 8. The standard InChI is InChI=1S/C24H22O11S/c25-3-4-36-23-19-15(29)8-12(26)9-18(19)34-21(10-1-2-13(27)14(28)5-10)22(23)35-24(33)11-6-16(30)20(32)17(31)7-11/h1-2,5-9,21-23,25-32H,3-4H2. The predicted molar refractivity (Wildman–Crippen MR) is 126 cm³/mol. The number of aromatic hydroxyl groups is 7. The minimum absolute atomic E-state index is 0.0627. The van der Waals surface area contributed by atoms with Crippen molar-refractivity contribution in [3.8, 4) is 46.0 Å². The first-order valence-corrected chi connectivity index (χ1v) is 11.6. The molecule has 0 bridgehead atoms. The van der Waals surface area contributed by atoms with Crippen molar-refractivity contribution in [1.29, 1.82) is 0 Å². The molecular formula is C24H22O11S. The summed E-state index contributed by atoms with van der Waals surface area (Å²) in [6.07, 6.45) is -2.36. The van der Waals surface area contributed by atoms with Crippen LogP contribution in [-0.2, 0) is 4.74 Å². The number of phenolic OH excluding ortho intramolecular Hbond substituents is 7. The maximum atomic E-state index is 13.1. The van der Waals surface area contributed by atoms with Crippen LogP contribution < -0.4 is 4.74 Å². The summed E-state index contributed by atoms with van der Waals surface area (Å²) in [5.41, 5.74) is 0.143. The Morgan fingerprint density at radius 1 is 0.861 bits per heavy atom. The van der Waals surface area contributed by atoms with Crippen LogP contribution in [0.2, 0.25) is 0 Å². The van der Waals surface area contributed by atoms with Gasteiger partial charge in [0.05, 0.1) is 23.0 Å². The molecule has 11 nitrogen and oxygen atoms in total. The molecule has 0 radical (unpaired) electrons. The number of phenols is 7. The lowest BCUT2D eigenvalue weighted by Gasteiger charge is -2.39. The monoisotopic (exact) mass is 518 g/mol. The van der Waals surface area contributed by atoms with Gasteiger partial charge in [0.25, 0.3) is 0 Å².